The van der Waals surface area contributed by atoms with Crippen LogP contribution in [-0.2, 0) is 10.0 Å². The number of benzene rings is 1. The molecule has 0 atom stereocenters. The Hall–Kier alpha value is -1.14. The van der Waals surface area contributed by atoms with Crippen LogP contribution in [0.2, 0.25) is 0 Å². The maximum atomic E-state index is 13.0. The Bertz CT molecular complexity index is 448. The van der Waals surface area contributed by atoms with Crippen molar-refractivity contribution in [3.63, 3.8) is 0 Å². The number of nitrogens with two attached hydrogens (primary N) is 1. The molecule has 1 aromatic rings. The van der Waals surface area contributed by atoms with E-state index in [0.29, 0.717) is 5.69 Å². The van der Waals surface area contributed by atoms with E-state index in [1.807, 2.05) is 0 Å². The van der Waals surface area contributed by atoms with Crippen LogP contribution in [0.4, 0.5) is 10.1 Å². The average Bonchev–Trinajstić information content (AvgIpc) is 2.25. The van der Waals surface area contributed by atoms with E-state index >= 15 is 0 Å². The molecule has 2 N–H and O–H groups in total. The van der Waals surface area contributed by atoms with Crippen LogP contribution >= 0.6 is 0 Å². The van der Waals surface area contributed by atoms with Gasteiger partial charge in [-0.05, 0) is 25.1 Å². The summed E-state index contributed by atoms with van der Waals surface area (Å²) in [5, 5.41) is 0. The van der Waals surface area contributed by atoms with Crippen molar-refractivity contribution in [2.75, 3.05) is 23.1 Å². The molecule has 0 aliphatic carbocycles. The van der Waals surface area contributed by atoms with Gasteiger partial charge in [-0.25, -0.2) is 12.8 Å². The fourth-order valence-corrected chi connectivity index (χ4v) is 2.46. The van der Waals surface area contributed by atoms with Gasteiger partial charge in [-0.2, -0.15) is 0 Å². The lowest BCUT2D eigenvalue weighted by molar-refractivity contribution is 0.591. The van der Waals surface area contributed by atoms with Gasteiger partial charge in [0.05, 0.1) is 11.4 Å². The van der Waals surface area contributed by atoms with E-state index < -0.39 is 15.8 Å². The normalized spacial score (nSPS) is 11.4. The lowest BCUT2D eigenvalue weighted by Gasteiger charge is -2.23. The summed E-state index contributed by atoms with van der Waals surface area (Å²) in [4.78, 5) is 0. The van der Waals surface area contributed by atoms with Gasteiger partial charge in [0.2, 0.25) is 10.0 Å². The van der Waals surface area contributed by atoms with Crippen molar-refractivity contribution in [3.05, 3.63) is 30.1 Å². The summed E-state index contributed by atoms with van der Waals surface area (Å²) in [6.45, 7) is 1.88. The number of rotatable bonds is 5. The third-order valence-electron chi connectivity index (χ3n) is 2.13. The minimum Gasteiger partial charge on any atom is -0.329 e. The second-order valence-electron chi connectivity index (χ2n) is 3.24. The maximum absolute atomic E-state index is 13.0. The highest BCUT2D eigenvalue weighted by atomic mass is 32.2. The molecule has 0 heterocycles. The fourth-order valence-electron chi connectivity index (χ4n) is 1.33. The van der Waals surface area contributed by atoms with E-state index in [2.05, 4.69) is 0 Å². The van der Waals surface area contributed by atoms with Crippen molar-refractivity contribution >= 4 is 15.7 Å². The molecule has 0 radical (unpaired) electrons. The molecule has 16 heavy (non-hydrogen) atoms. The topological polar surface area (TPSA) is 63.4 Å². The van der Waals surface area contributed by atoms with E-state index in [4.69, 9.17) is 5.73 Å². The Morgan fingerprint density at radius 1 is 1.44 bits per heavy atom. The summed E-state index contributed by atoms with van der Waals surface area (Å²) in [5.74, 6) is -0.505. The highest BCUT2D eigenvalue weighted by Crippen LogP contribution is 2.18. The van der Waals surface area contributed by atoms with Crippen LogP contribution in [0, 0.1) is 5.82 Å². The molecule has 6 heteroatoms. The van der Waals surface area contributed by atoms with Gasteiger partial charge in [0.1, 0.15) is 5.82 Å². The Morgan fingerprint density at radius 3 is 2.62 bits per heavy atom. The molecule has 0 unspecified atom stereocenters. The monoisotopic (exact) mass is 246 g/mol. The van der Waals surface area contributed by atoms with Gasteiger partial charge < -0.3 is 5.73 Å². The van der Waals surface area contributed by atoms with Crippen LogP contribution in [0.25, 0.3) is 0 Å². The van der Waals surface area contributed by atoms with Crippen molar-refractivity contribution < 1.29 is 12.8 Å². The van der Waals surface area contributed by atoms with Gasteiger partial charge in [0, 0.05) is 13.1 Å². The molecule has 0 fully saturated rings. The van der Waals surface area contributed by atoms with Gasteiger partial charge >= 0.3 is 0 Å². The summed E-state index contributed by atoms with van der Waals surface area (Å²) >= 11 is 0. The zero-order chi connectivity index (χ0) is 12.2. The molecule has 1 rings (SSSR count). The summed E-state index contributed by atoms with van der Waals surface area (Å²) in [6.07, 6.45) is 0. The van der Waals surface area contributed by atoms with Gasteiger partial charge in [0.15, 0.2) is 0 Å². The summed E-state index contributed by atoms with van der Waals surface area (Å²) < 4.78 is 37.6. The van der Waals surface area contributed by atoms with Gasteiger partial charge in [0.25, 0.3) is 0 Å². The Balaban J connectivity index is 3.13. The predicted octanol–water partition coefficient (Wildman–Crippen LogP) is 0.940. The summed E-state index contributed by atoms with van der Waals surface area (Å²) in [5.41, 5.74) is 5.67. The smallest absolute Gasteiger partial charge is 0.234 e. The first kappa shape index (κ1) is 12.9. The minimum atomic E-state index is -3.41. The van der Waals surface area contributed by atoms with E-state index in [0.717, 1.165) is 4.31 Å². The highest BCUT2D eigenvalue weighted by molar-refractivity contribution is 7.92. The Kier molecular flexibility index (Phi) is 4.26. The van der Waals surface area contributed by atoms with Crippen molar-refractivity contribution in [1.29, 1.82) is 0 Å². The quantitative estimate of drug-likeness (QED) is 0.841. The SMILES string of the molecule is CCS(=O)(=O)N(CCN)c1cccc(F)c1. The van der Waals surface area contributed by atoms with Crippen LogP contribution in [0.15, 0.2) is 24.3 Å². The highest BCUT2D eigenvalue weighted by Gasteiger charge is 2.19. The molecule has 0 aliphatic heterocycles. The average molecular weight is 246 g/mol. The molecule has 1 aromatic carbocycles. The van der Waals surface area contributed by atoms with Crippen molar-refractivity contribution in [3.8, 4) is 0 Å². The molecule has 0 saturated heterocycles. The van der Waals surface area contributed by atoms with E-state index in [-0.39, 0.29) is 18.8 Å². The van der Waals surface area contributed by atoms with Crippen molar-refractivity contribution in [1.82, 2.24) is 0 Å². The minimum absolute atomic E-state index is 0.0382. The summed E-state index contributed by atoms with van der Waals surface area (Å²) in [7, 11) is -3.41. The zero-order valence-corrected chi connectivity index (χ0v) is 9.87. The van der Waals surface area contributed by atoms with Crippen LogP contribution in [0.1, 0.15) is 6.92 Å². The molecule has 90 valence electrons. The number of hydrogen-bond donors (Lipinski definition) is 1. The lowest BCUT2D eigenvalue weighted by Crippen LogP contribution is -2.36. The second kappa shape index (κ2) is 5.27. The standard InChI is InChI=1S/C10H15FN2O2S/c1-2-16(14,15)13(7-6-12)10-5-3-4-9(11)8-10/h3-5,8H,2,6-7,12H2,1H3. The van der Waals surface area contributed by atoms with E-state index in [1.54, 1.807) is 6.07 Å². The first-order valence-corrected chi connectivity index (χ1v) is 6.58. The van der Waals surface area contributed by atoms with Crippen molar-refractivity contribution in [2.45, 2.75) is 6.92 Å². The maximum Gasteiger partial charge on any atom is 0.234 e. The zero-order valence-electron chi connectivity index (χ0n) is 9.06. The molecular weight excluding hydrogens is 231 g/mol. The van der Waals surface area contributed by atoms with Gasteiger partial charge in [-0.3, -0.25) is 4.31 Å². The third kappa shape index (κ3) is 2.93. The molecule has 0 aliphatic rings. The van der Waals surface area contributed by atoms with E-state index in [9.17, 15) is 12.8 Å². The molecule has 0 aromatic heterocycles. The molecule has 0 amide bonds. The first-order chi connectivity index (χ1) is 7.51. The molecule has 0 bridgehead atoms. The number of halogens is 1. The lowest BCUT2D eigenvalue weighted by atomic mass is 10.3. The second-order valence-corrected chi connectivity index (χ2v) is 5.42. The van der Waals surface area contributed by atoms with Crippen molar-refractivity contribution in [2.24, 2.45) is 5.73 Å². The molecular formula is C10H15FN2O2S. The predicted molar refractivity (Wildman–Crippen MR) is 62.3 cm³/mol. The fraction of sp³-hybridized carbons (Fsp3) is 0.400. The van der Waals surface area contributed by atoms with Crippen LogP contribution in [-0.4, -0.2) is 27.3 Å². The van der Waals surface area contributed by atoms with Gasteiger partial charge in [-0.15, -0.1) is 0 Å². The number of nitrogens with zero attached hydrogens (tertiary/aromatic N) is 1. The third-order valence-corrected chi connectivity index (χ3v) is 3.92. The van der Waals surface area contributed by atoms with Gasteiger partial charge in [-0.1, -0.05) is 6.07 Å². The number of hydrogen-bond acceptors (Lipinski definition) is 3. The Labute approximate surface area is 94.9 Å². The van der Waals surface area contributed by atoms with Crippen LogP contribution in [0.5, 0.6) is 0 Å². The van der Waals surface area contributed by atoms with Crippen LogP contribution < -0.4 is 10.0 Å². The Morgan fingerprint density at radius 2 is 2.12 bits per heavy atom. The number of anilines is 1. The van der Waals surface area contributed by atoms with Crippen LogP contribution in [0.3, 0.4) is 0 Å². The molecule has 0 saturated carbocycles. The molecule has 4 nitrogen and oxygen atoms in total. The molecule has 0 spiro atoms. The van der Waals surface area contributed by atoms with E-state index in [1.165, 1.54) is 25.1 Å². The summed E-state index contributed by atoms with van der Waals surface area (Å²) in [6, 6.07) is 5.47. The first-order valence-electron chi connectivity index (χ1n) is 4.97. The number of sulfonamides is 1. The largest absolute Gasteiger partial charge is 0.329 e.